The second kappa shape index (κ2) is 9.17. The van der Waals surface area contributed by atoms with Gasteiger partial charge in [-0.25, -0.2) is 8.42 Å². The number of benzene rings is 1. The molecule has 2 aliphatic rings. The highest BCUT2D eigenvalue weighted by Gasteiger charge is 2.40. The summed E-state index contributed by atoms with van der Waals surface area (Å²) < 4.78 is 27.4. The summed E-state index contributed by atoms with van der Waals surface area (Å²) in [6.07, 6.45) is 2.79. The quantitative estimate of drug-likeness (QED) is 0.552. The number of sulfonamides is 1. The minimum atomic E-state index is -3.91. The van der Waals surface area contributed by atoms with Crippen LogP contribution in [0.2, 0.25) is 0 Å². The Bertz CT molecular complexity index is 817. The van der Waals surface area contributed by atoms with Crippen LogP contribution in [-0.4, -0.2) is 60.7 Å². The molecule has 1 aromatic carbocycles. The molecule has 1 aromatic rings. The first-order valence-corrected chi connectivity index (χ1v) is 10.5. The Morgan fingerprint density at radius 1 is 1.18 bits per heavy atom. The van der Waals surface area contributed by atoms with Crippen molar-refractivity contribution in [2.75, 3.05) is 26.2 Å². The van der Waals surface area contributed by atoms with Crippen LogP contribution in [0.15, 0.2) is 29.2 Å². The van der Waals surface area contributed by atoms with E-state index in [0.717, 1.165) is 12.8 Å². The molecule has 3 rings (SSSR count). The highest BCUT2D eigenvalue weighted by molar-refractivity contribution is 7.89. The highest BCUT2D eigenvalue weighted by atomic mass is 35.5. The number of carbonyl (C=O) groups excluding carboxylic acids is 1. The zero-order chi connectivity index (χ0) is 19.6. The Morgan fingerprint density at radius 2 is 1.86 bits per heavy atom. The van der Waals surface area contributed by atoms with Gasteiger partial charge in [0, 0.05) is 31.8 Å². The van der Waals surface area contributed by atoms with Crippen LogP contribution in [0.3, 0.4) is 0 Å². The third-order valence-electron chi connectivity index (χ3n) is 5.32. The van der Waals surface area contributed by atoms with Crippen molar-refractivity contribution in [3.8, 4) is 0 Å². The second-order valence-electron chi connectivity index (χ2n) is 7.05. The summed E-state index contributed by atoms with van der Waals surface area (Å²) in [5.41, 5.74) is 5.51. The van der Waals surface area contributed by atoms with Crippen molar-refractivity contribution in [3.63, 3.8) is 0 Å². The molecule has 156 valence electrons. The molecule has 2 aliphatic heterocycles. The lowest BCUT2D eigenvalue weighted by atomic mass is 10.0. The van der Waals surface area contributed by atoms with Crippen molar-refractivity contribution in [2.24, 2.45) is 11.7 Å². The van der Waals surface area contributed by atoms with Crippen molar-refractivity contribution < 1.29 is 18.1 Å². The standard InChI is InChI=1S/C17H24N4O5S.ClH/c18-11-13-8-10-19(12-13)17(22)16-3-1-2-9-20(16)27(25,26)15-6-4-14(5-7-15)21(23)24;/h4-7,13,16H,1-3,8-12,18H2;1H. The van der Waals surface area contributed by atoms with E-state index in [2.05, 4.69) is 0 Å². The molecule has 2 N–H and O–H groups in total. The number of piperidine rings is 1. The van der Waals surface area contributed by atoms with Crippen molar-refractivity contribution >= 4 is 34.0 Å². The molecule has 0 aliphatic carbocycles. The van der Waals surface area contributed by atoms with Crippen LogP contribution in [0.1, 0.15) is 25.7 Å². The lowest BCUT2D eigenvalue weighted by Crippen LogP contribution is -2.52. The molecule has 2 fully saturated rings. The van der Waals surface area contributed by atoms with Crippen LogP contribution in [0.5, 0.6) is 0 Å². The number of likely N-dealkylation sites (tertiary alicyclic amines) is 1. The smallest absolute Gasteiger partial charge is 0.269 e. The maximum atomic E-state index is 13.1. The Hall–Kier alpha value is -1.75. The number of carbonyl (C=O) groups is 1. The fourth-order valence-electron chi connectivity index (χ4n) is 3.75. The normalized spacial score (nSPS) is 23.2. The maximum absolute atomic E-state index is 13.1. The van der Waals surface area contributed by atoms with Crippen molar-refractivity contribution in [1.29, 1.82) is 0 Å². The van der Waals surface area contributed by atoms with Gasteiger partial charge in [0.2, 0.25) is 15.9 Å². The minimum Gasteiger partial charge on any atom is -0.341 e. The average molecular weight is 433 g/mol. The fraction of sp³-hybridized carbons (Fsp3) is 0.588. The number of rotatable bonds is 5. The molecule has 0 radical (unpaired) electrons. The highest BCUT2D eigenvalue weighted by Crippen LogP contribution is 2.29. The molecule has 0 saturated carbocycles. The van der Waals surface area contributed by atoms with Gasteiger partial charge in [0.15, 0.2) is 0 Å². The SMILES string of the molecule is Cl.NCC1CCN(C(=O)C2CCCCN2S(=O)(=O)c2ccc([N+](=O)[O-])cc2)C1. The van der Waals surface area contributed by atoms with Crippen molar-refractivity contribution in [1.82, 2.24) is 9.21 Å². The zero-order valence-corrected chi connectivity index (χ0v) is 17.0. The summed E-state index contributed by atoms with van der Waals surface area (Å²) in [6.45, 7) is 1.95. The van der Waals surface area contributed by atoms with Crippen LogP contribution in [0.25, 0.3) is 0 Å². The monoisotopic (exact) mass is 432 g/mol. The van der Waals surface area contributed by atoms with E-state index in [4.69, 9.17) is 5.73 Å². The topological polar surface area (TPSA) is 127 Å². The van der Waals surface area contributed by atoms with E-state index in [9.17, 15) is 23.3 Å². The first-order valence-electron chi connectivity index (χ1n) is 9.09. The van der Waals surface area contributed by atoms with Gasteiger partial charge in [0.1, 0.15) is 6.04 Å². The molecule has 0 bridgehead atoms. The predicted octanol–water partition coefficient (Wildman–Crippen LogP) is 1.37. The van der Waals surface area contributed by atoms with Gasteiger partial charge in [0.05, 0.1) is 9.82 Å². The summed E-state index contributed by atoms with van der Waals surface area (Å²) in [6, 6.07) is 4.06. The third kappa shape index (κ3) is 4.45. The Labute approximate surface area is 170 Å². The largest absolute Gasteiger partial charge is 0.341 e. The molecule has 2 unspecified atom stereocenters. The molecule has 2 atom stereocenters. The van der Waals surface area contributed by atoms with Crippen LogP contribution in [0, 0.1) is 16.0 Å². The number of nitrogens with zero attached hydrogens (tertiary/aromatic N) is 3. The Kier molecular flexibility index (Phi) is 7.38. The Balaban J connectivity index is 0.00000280. The molecule has 2 heterocycles. The van der Waals surface area contributed by atoms with Crippen LogP contribution >= 0.6 is 12.4 Å². The van der Waals surface area contributed by atoms with Gasteiger partial charge in [-0.05, 0) is 43.9 Å². The lowest BCUT2D eigenvalue weighted by molar-refractivity contribution is -0.384. The first kappa shape index (κ1) is 22.5. The van der Waals surface area contributed by atoms with E-state index in [1.807, 2.05) is 0 Å². The number of hydrogen-bond acceptors (Lipinski definition) is 6. The summed E-state index contributed by atoms with van der Waals surface area (Å²) in [4.78, 5) is 24.9. The summed E-state index contributed by atoms with van der Waals surface area (Å²) in [7, 11) is -3.91. The van der Waals surface area contributed by atoms with Gasteiger partial charge in [-0.15, -0.1) is 12.4 Å². The fourth-order valence-corrected chi connectivity index (χ4v) is 5.40. The van der Waals surface area contributed by atoms with E-state index >= 15 is 0 Å². The molecule has 9 nitrogen and oxygen atoms in total. The first-order chi connectivity index (χ1) is 12.8. The molecular formula is C17H25ClN4O5S. The second-order valence-corrected chi connectivity index (χ2v) is 8.94. The van der Waals surface area contributed by atoms with Crippen LogP contribution in [-0.2, 0) is 14.8 Å². The van der Waals surface area contributed by atoms with Gasteiger partial charge in [-0.2, -0.15) is 4.31 Å². The number of halogens is 1. The van der Waals surface area contributed by atoms with Gasteiger partial charge in [-0.3, -0.25) is 14.9 Å². The van der Waals surface area contributed by atoms with E-state index in [0.29, 0.717) is 32.5 Å². The van der Waals surface area contributed by atoms with E-state index in [1.54, 1.807) is 4.90 Å². The van der Waals surface area contributed by atoms with Crippen molar-refractivity contribution in [3.05, 3.63) is 34.4 Å². The summed E-state index contributed by atoms with van der Waals surface area (Å²) in [5, 5.41) is 10.8. The maximum Gasteiger partial charge on any atom is 0.269 e. The third-order valence-corrected chi connectivity index (χ3v) is 7.25. The number of nitro benzene ring substituents is 1. The van der Waals surface area contributed by atoms with E-state index in [-0.39, 0.29) is 41.4 Å². The van der Waals surface area contributed by atoms with Crippen LogP contribution < -0.4 is 5.73 Å². The molecule has 11 heteroatoms. The summed E-state index contributed by atoms with van der Waals surface area (Å²) in [5.74, 6) is 0.0911. The average Bonchev–Trinajstić information content (AvgIpc) is 3.16. The number of non-ortho nitro benzene ring substituents is 1. The number of amides is 1. The molecule has 1 amide bonds. The molecule has 2 saturated heterocycles. The number of hydrogen-bond donors (Lipinski definition) is 1. The predicted molar refractivity (Wildman–Crippen MR) is 106 cm³/mol. The van der Waals surface area contributed by atoms with Crippen molar-refractivity contribution in [2.45, 2.75) is 36.6 Å². The van der Waals surface area contributed by atoms with Gasteiger partial charge < -0.3 is 10.6 Å². The lowest BCUT2D eigenvalue weighted by Gasteiger charge is -2.35. The van der Waals surface area contributed by atoms with Crippen LogP contribution in [0.4, 0.5) is 5.69 Å². The van der Waals surface area contributed by atoms with E-state index < -0.39 is 21.0 Å². The molecule has 0 aromatic heterocycles. The zero-order valence-electron chi connectivity index (χ0n) is 15.4. The Morgan fingerprint density at radius 3 is 2.43 bits per heavy atom. The number of nitrogens with two attached hydrogens (primary N) is 1. The summed E-state index contributed by atoms with van der Waals surface area (Å²) >= 11 is 0. The van der Waals surface area contributed by atoms with Gasteiger partial charge in [0.25, 0.3) is 5.69 Å². The molecule has 28 heavy (non-hydrogen) atoms. The molecule has 0 spiro atoms. The van der Waals surface area contributed by atoms with Gasteiger partial charge in [-0.1, -0.05) is 6.42 Å². The molecular weight excluding hydrogens is 408 g/mol. The van der Waals surface area contributed by atoms with E-state index in [1.165, 1.54) is 28.6 Å². The number of nitro groups is 1. The minimum absolute atomic E-state index is 0. The van der Waals surface area contributed by atoms with Gasteiger partial charge >= 0.3 is 0 Å².